The molecule has 2 heterocycles. The topological polar surface area (TPSA) is 62.2 Å². The van der Waals surface area contributed by atoms with Crippen molar-refractivity contribution < 1.29 is 28.2 Å². The molecule has 1 aromatic carbocycles. The number of benzene rings is 1. The maximum atomic E-state index is 14.3. The molecule has 2 fully saturated rings. The van der Waals surface area contributed by atoms with Gasteiger partial charge in [0.1, 0.15) is 5.60 Å². The summed E-state index contributed by atoms with van der Waals surface area (Å²) in [5.74, 6) is -3.38. The van der Waals surface area contributed by atoms with E-state index in [-0.39, 0.29) is 37.6 Å². The fraction of sp³-hybridized carbons (Fsp3) is 0.611. The number of likely N-dealkylation sites (tertiary alicyclic amines) is 1. The van der Waals surface area contributed by atoms with E-state index >= 15 is 0 Å². The van der Waals surface area contributed by atoms with E-state index in [1.807, 2.05) is 0 Å². The van der Waals surface area contributed by atoms with Gasteiger partial charge in [-0.2, -0.15) is 4.39 Å². The van der Waals surface area contributed by atoms with Gasteiger partial charge in [-0.3, -0.25) is 4.79 Å². The van der Waals surface area contributed by atoms with Crippen molar-refractivity contribution in [3.63, 3.8) is 0 Å². The van der Waals surface area contributed by atoms with Crippen LogP contribution in [0.5, 0.6) is 5.75 Å². The van der Waals surface area contributed by atoms with E-state index < -0.39 is 23.1 Å². The van der Waals surface area contributed by atoms with E-state index in [9.17, 15) is 18.7 Å². The molecule has 2 aliphatic heterocycles. The van der Waals surface area contributed by atoms with E-state index in [1.165, 1.54) is 24.1 Å². The van der Waals surface area contributed by atoms with Gasteiger partial charge in [-0.25, -0.2) is 4.39 Å². The Labute approximate surface area is 151 Å². The van der Waals surface area contributed by atoms with E-state index in [2.05, 4.69) is 4.90 Å². The predicted molar refractivity (Wildman–Crippen MR) is 90.3 cm³/mol. The molecule has 1 N–H and O–H groups in total. The fourth-order valence-corrected chi connectivity index (χ4v) is 3.57. The van der Waals surface area contributed by atoms with Crippen LogP contribution in [0.1, 0.15) is 23.2 Å². The molecule has 144 valence electrons. The SMILES string of the molecule is COc1ccc(C(=O)N2CCOCC(O)(CN3CCCC3)C2)c(F)c1F. The van der Waals surface area contributed by atoms with Crippen LogP contribution in [-0.2, 0) is 4.74 Å². The Kier molecular flexibility index (Phi) is 5.74. The normalized spacial score (nSPS) is 24.5. The standard InChI is InChI=1S/C18H24F2N2O4/c1-25-14-5-4-13(15(19)16(14)20)17(23)22-8-9-26-12-18(24,11-22)10-21-6-2-3-7-21/h4-5,24H,2-3,6-12H2,1H3. The quantitative estimate of drug-likeness (QED) is 0.865. The molecule has 0 bridgehead atoms. The van der Waals surface area contributed by atoms with Crippen molar-refractivity contribution in [2.75, 3.05) is 53.0 Å². The zero-order chi connectivity index (χ0) is 18.7. The summed E-state index contributed by atoms with van der Waals surface area (Å²) in [5.41, 5.74) is -1.62. The van der Waals surface area contributed by atoms with Crippen LogP contribution < -0.4 is 4.74 Å². The number of hydrogen-bond donors (Lipinski definition) is 1. The Morgan fingerprint density at radius 3 is 2.69 bits per heavy atom. The smallest absolute Gasteiger partial charge is 0.257 e. The average molecular weight is 370 g/mol. The number of amides is 1. The van der Waals surface area contributed by atoms with Gasteiger partial charge in [-0.15, -0.1) is 0 Å². The molecule has 2 saturated heterocycles. The van der Waals surface area contributed by atoms with Crippen molar-refractivity contribution in [3.05, 3.63) is 29.3 Å². The molecule has 0 aliphatic carbocycles. The summed E-state index contributed by atoms with van der Waals surface area (Å²) in [7, 11) is 1.23. The molecule has 0 aromatic heterocycles. The monoisotopic (exact) mass is 370 g/mol. The number of aliphatic hydroxyl groups is 1. The van der Waals surface area contributed by atoms with Crippen LogP contribution in [0.25, 0.3) is 0 Å². The largest absolute Gasteiger partial charge is 0.494 e. The van der Waals surface area contributed by atoms with Gasteiger partial charge in [0.2, 0.25) is 5.82 Å². The van der Waals surface area contributed by atoms with E-state index in [0.29, 0.717) is 6.54 Å². The molecule has 3 rings (SSSR count). The lowest BCUT2D eigenvalue weighted by Crippen LogP contribution is -2.53. The summed E-state index contributed by atoms with van der Waals surface area (Å²) in [5, 5.41) is 10.9. The van der Waals surface area contributed by atoms with Crippen LogP contribution in [0.4, 0.5) is 8.78 Å². The average Bonchev–Trinajstić information content (AvgIpc) is 3.04. The van der Waals surface area contributed by atoms with E-state index in [1.54, 1.807) is 0 Å². The van der Waals surface area contributed by atoms with Crippen molar-refractivity contribution in [3.8, 4) is 5.75 Å². The van der Waals surface area contributed by atoms with Gasteiger partial charge in [0.15, 0.2) is 11.6 Å². The van der Waals surface area contributed by atoms with Crippen LogP contribution in [-0.4, -0.2) is 79.5 Å². The van der Waals surface area contributed by atoms with Crippen molar-refractivity contribution in [2.45, 2.75) is 18.4 Å². The molecule has 26 heavy (non-hydrogen) atoms. The molecule has 1 atom stereocenters. The summed E-state index contributed by atoms with van der Waals surface area (Å²) in [6.45, 7) is 2.73. The number of hydrogen-bond acceptors (Lipinski definition) is 5. The second kappa shape index (κ2) is 7.85. The highest BCUT2D eigenvalue weighted by Crippen LogP contribution is 2.25. The number of nitrogens with zero attached hydrogens (tertiary/aromatic N) is 2. The van der Waals surface area contributed by atoms with Crippen molar-refractivity contribution in [1.29, 1.82) is 0 Å². The molecule has 8 heteroatoms. The number of ether oxygens (including phenoxy) is 2. The molecule has 6 nitrogen and oxygen atoms in total. The molecule has 1 unspecified atom stereocenters. The number of carbonyl (C=O) groups excluding carboxylic acids is 1. The fourth-order valence-electron chi connectivity index (χ4n) is 3.57. The first-order valence-electron chi connectivity index (χ1n) is 8.77. The maximum Gasteiger partial charge on any atom is 0.257 e. The maximum absolute atomic E-state index is 14.3. The third kappa shape index (κ3) is 3.97. The first-order chi connectivity index (χ1) is 12.4. The van der Waals surface area contributed by atoms with Gasteiger partial charge in [0.05, 0.1) is 32.4 Å². The van der Waals surface area contributed by atoms with Crippen LogP contribution in [0.3, 0.4) is 0 Å². The van der Waals surface area contributed by atoms with E-state index in [4.69, 9.17) is 9.47 Å². The van der Waals surface area contributed by atoms with Crippen LogP contribution in [0.15, 0.2) is 12.1 Å². The molecule has 1 amide bonds. The summed E-state index contributed by atoms with van der Waals surface area (Å²) in [6.07, 6.45) is 2.16. The highest BCUT2D eigenvalue weighted by molar-refractivity contribution is 5.94. The molecule has 2 aliphatic rings. The molecular weight excluding hydrogens is 346 g/mol. The first kappa shape index (κ1) is 19.0. The van der Waals surface area contributed by atoms with Gasteiger partial charge in [0, 0.05) is 13.1 Å². The third-order valence-electron chi connectivity index (χ3n) is 4.86. The molecule has 0 saturated carbocycles. The van der Waals surface area contributed by atoms with Crippen molar-refractivity contribution in [2.24, 2.45) is 0 Å². The van der Waals surface area contributed by atoms with Gasteiger partial charge in [-0.1, -0.05) is 0 Å². The molecule has 0 spiro atoms. The van der Waals surface area contributed by atoms with Crippen molar-refractivity contribution >= 4 is 5.91 Å². The lowest BCUT2D eigenvalue weighted by atomic mass is 10.0. The number of rotatable bonds is 4. The van der Waals surface area contributed by atoms with Gasteiger partial charge in [-0.05, 0) is 38.1 Å². The van der Waals surface area contributed by atoms with E-state index in [0.717, 1.165) is 25.9 Å². The van der Waals surface area contributed by atoms with Crippen LogP contribution in [0, 0.1) is 11.6 Å². The Bertz CT molecular complexity index is 667. The van der Waals surface area contributed by atoms with Gasteiger partial charge >= 0.3 is 0 Å². The van der Waals surface area contributed by atoms with Crippen molar-refractivity contribution in [1.82, 2.24) is 9.80 Å². The minimum atomic E-state index is -1.25. The Morgan fingerprint density at radius 2 is 2.00 bits per heavy atom. The summed E-state index contributed by atoms with van der Waals surface area (Å²) in [4.78, 5) is 16.2. The second-order valence-corrected chi connectivity index (χ2v) is 6.93. The Morgan fingerprint density at radius 1 is 1.27 bits per heavy atom. The Balaban J connectivity index is 1.78. The zero-order valence-electron chi connectivity index (χ0n) is 14.8. The Hall–Kier alpha value is -1.77. The first-order valence-corrected chi connectivity index (χ1v) is 8.77. The minimum absolute atomic E-state index is 0.00935. The second-order valence-electron chi connectivity index (χ2n) is 6.93. The zero-order valence-corrected chi connectivity index (χ0v) is 14.8. The number of methoxy groups -OCH3 is 1. The lowest BCUT2D eigenvalue weighted by molar-refractivity contribution is -0.0524. The summed E-state index contributed by atoms with van der Waals surface area (Å²) in [6, 6.07) is 2.42. The number of β-amino-alcohol motifs (C(OH)–C–C–N with tert-alkyl or cyclic N) is 1. The van der Waals surface area contributed by atoms with Gasteiger partial charge in [0.25, 0.3) is 5.91 Å². The molecule has 0 radical (unpaired) electrons. The third-order valence-corrected chi connectivity index (χ3v) is 4.86. The highest BCUT2D eigenvalue weighted by Gasteiger charge is 2.37. The summed E-state index contributed by atoms with van der Waals surface area (Å²) >= 11 is 0. The predicted octanol–water partition coefficient (Wildman–Crippen LogP) is 1.27. The van der Waals surface area contributed by atoms with Crippen LogP contribution >= 0.6 is 0 Å². The number of carbonyl (C=O) groups is 1. The highest BCUT2D eigenvalue weighted by atomic mass is 19.2. The number of halogens is 2. The molecule has 1 aromatic rings. The minimum Gasteiger partial charge on any atom is -0.494 e. The van der Waals surface area contributed by atoms with Gasteiger partial charge < -0.3 is 24.4 Å². The van der Waals surface area contributed by atoms with Crippen LogP contribution in [0.2, 0.25) is 0 Å². The molecular formula is C18H24F2N2O4. The summed E-state index contributed by atoms with van der Waals surface area (Å²) < 4.78 is 38.4. The lowest BCUT2D eigenvalue weighted by Gasteiger charge is -2.34.